The number of hydrogen-bond acceptors (Lipinski definition) is 9. The topological polar surface area (TPSA) is 119 Å². The van der Waals surface area contributed by atoms with E-state index < -0.39 is 0 Å². The molecule has 4 N–H and O–H groups in total. The van der Waals surface area contributed by atoms with E-state index in [9.17, 15) is 0 Å². The van der Waals surface area contributed by atoms with Gasteiger partial charge < -0.3 is 5.32 Å². The molecule has 0 spiro atoms. The fourth-order valence-corrected chi connectivity index (χ4v) is 3.10. The zero-order valence-electron chi connectivity index (χ0n) is 11.7. The third-order valence-electron chi connectivity index (χ3n) is 3.64. The second-order valence-electron chi connectivity index (χ2n) is 4.86. The van der Waals surface area contributed by atoms with E-state index >= 15 is 0 Å². The van der Waals surface area contributed by atoms with Gasteiger partial charge in [-0.05, 0) is 19.1 Å². The van der Waals surface area contributed by atoms with Crippen LogP contribution in [0.5, 0.6) is 0 Å². The van der Waals surface area contributed by atoms with E-state index in [4.69, 9.17) is 5.84 Å². The summed E-state index contributed by atoms with van der Waals surface area (Å²) in [6.07, 6.45) is 8.79. The predicted octanol–water partition coefficient (Wildman–Crippen LogP) is 0.435. The van der Waals surface area contributed by atoms with Crippen molar-refractivity contribution in [3.05, 3.63) is 12.7 Å². The molecule has 0 unspecified atom stereocenters. The molecule has 21 heavy (non-hydrogen) atoms. The summed E-state index contributed by atoms with van der Waals surface area (Å²) in [6, 6.07) is 0. The molecule has 1 aliphatic carbocycles. The summed E-state index contributed by atoms with van der Waals surface area (Å²) < 4.78 is 1.75. The standard InChI is InChI=1S/C11H17N9S/c1-21-11(3-2-4-11)5-14-8-16-9(19-12)18-10(17-8)20-7-13-6-15-20/h6-7H,2-5,12H2,1H3,(H2,14,16,17,18,19). The van der Waals surface area contributed by atoms with Crippen molar-refractivity contribution in [2.24, 2.45) is 5.84 Å². The highest BCUT2D eigenvalue weighted by Crippen LogP contribution is 2.42. The molecule has 2 heterocycles. The number of nitrogen functional groups attached to an aromatic ring is 1. The Labute approximate surface area is 126 Å². The van der Waals surface area contributed by atoms with Gasteiger partial charge in [-0.15, -0.1) is 0 Å². The van der Waals surface area contributed by atoms with Gasteiger partial charge >= 0.3 is 0 Å². The summed E-state index contributed by atoms with van der Waals surface area (Å²) in [7, 11) is 0. The molecule has 9 nitrogen and oxygen atoms in total. The minimum atomic E-state index is 0.282. The molecule has 1 fully saturated rings. The van der Waals surface area contributed by atoms with Crippen molar-refractivity contribution in [1.82, 2.24) is 29.7 Å². The molecule has 10 heteroatoms. The van der Waals surface area contributed by atoms with Gasteiger partial charge in [-0.2, -0.15) is 36.5 Å². The monoisotopic (exact) mass is 307 g/mol. The lowest BCUT2D eigenvalue weighted by Gasteiger charge is -2.40. The molecule has 0 saturated heterocycles. The average Bonchev–Trinajstić information content (AvgIpc) is 3.00. The van der Waals surface area contributed by atoms with E-state index in [0.29, 0.717) is 11.9 Å². The zero-order valence-corrected chi connectivity index (χ0v) is 12.5. The van der Waals surface area contributed by atoms with Crippen molar-refractivity contribution in [3.63, 3.8) is 0 Å². The Bertz CT molecular complexity index is 590. The summed E-state index contributed by atoms with van der Waals surface area (Å²) >= 11 is 1.89. The van der Waals surface area contributed by atoms with Gasteiger partial charge in [0.05, 0.1) is 0 Å². The van der Waals surface area contributed by atoms with Crippen LogP contribution in [0.3, 0.4) is 0 Å². The predicted molar refractivity (Wildman–Crippen MR) is 81.1 cm³/mol. The summed E-state index contributed by atoms with van der Waals surface area (Å²) in [6.45, 7) is 0.818. The number of aromatic nitrogens is 6. The Kier molecular flexibility index (Phi) is 3.88. The van der Waals surface area contributed by atoms with Crippen molar-refractivity contribution in [3.8, 4) is 5.95 Å². The lowest BCUT2D eigenvalue weighted by molar-refractivity contribution is 0.379. The molecule has 0 radical (unpaired) electrons. The Morgan fingerprint density at radius 3 is 2.71 bits per heavy atom. The van der Waals surface area contributed by atoms with Gasteiger partial charge in [-0.25, -0.2) is 10.8 Å². The first-order chi connectivity index (χ1) is 10.2. The fourth-order valence-electron chi connectivity index (χ4n) is 2.19. The Balaban J connectivity index is 1.79. The maximum absolute atomic E-state index is 5.41. The highest BCUT2D eigenvalue weighted by Gasteiger charge is 2.36. The van der Waals surface area contributed by atoms with Crippen molar-refractivity contribution < 1.29 is 0 Å². The van der Waals surface area contributed by atoms with E-state index in [0.717, 1.165) is 6.54 Å². The van der Waals surface area contributed by atoms with E-state index in [-0.39, 0.29) is 10.7 Å². The van der Waals surface area contributed by atoms with Crippen LogP contribution in [0.4, 0.5) is 11.9 Å². The molecule has 2 aromatic rings. The van der Waals surface area contributed by atoms with Gasteiger partial charge in [-0.1, -0.05) is 6.42 Å². The summed E-state index contributed by atoms with van der Waals surface area (Å²) in [4.78, 5) is 16.6. The van der Waals surface area contributed by atoms with Crippen LogP contribution < -0.4 is 16.6 Å². The maximum atomic E-state index is 5.41. The lowest BCUT2D eigenvalue weighted by Crippen LogP contribution is -2.40. The molecule has 0 aliphatic heterocycles. The van der Waals surface area contributed by atoms with E-state index in [1.54, 1.807) is 0 Å². The van der Waals surface area contributed by atoms with E-state index in [1.165, 1.54) is 36.6 Å². The number of thioether (sulfide) groups is 1. The molecular formula is C11H17N9S. The smallest absolute Gasteiger partial charge is 0.258 e. The second kappa shape index (κ2) is 5.82. The van der Waals surface area contributed by atoms with Crippen molar-refractivity contribution >= 4 is 23.7 Å². The molecule has 0 amide bonds. The van der Waals surface area contributed by atoms with Crippen LogP contribution in [0.1, 0.15) is 19.3 Å². The van der Waals surface area contributed by atoms with E-state index in [1.807, 2.05) is 11.8 Å². The number of nitrogens with zero attached hydrogens (tertiary/aromatic N) is 6. The zero-order chi connectivity index (χ0) is 14.7. The average molecular weight is 307 g/mol. The molecule has 112 valence electrons. The van der Waals surface area contributed by atoms with Crippen molar-refractivity contribution in [2.75, 3.05) is 23.5 Å². The molecule has 2 aromatic heterocycles. The molecule has 3 rings (SSSR count). The number of anilines is 2. The number of nitrogens with one attached hydrogen (secondary N) is 2. The van der Waals surface area contributed by atoms with Crippen LogP contribution in [-0.4, -0.2) is 47.3 Å². The summed E-state index contributed by atoms with van der Waals surface area (Å²) in [5, 5.41) is 7.28. The normalized spacial score (nSPS) is 16.3. The van der Waals surface area contributed by atoms with E-state index in [2.05, 4.69) is 42.0 Å². The highest BCUT2D eigenvalue weighted by atomic mass is 32.2. The third kappa shape index (κ3) is 2.90. The number of hydrazine groups is 1. The minimum Gasteiger partial charge on any atom is -0.353 e. The first-order valence-corrected chi connectivity index (χ1v) is 7.84. The van der Waals surface area contributed by atoms with Crippen LogP contribution >= 0.6 is 11.8 Å². The molecule has 0 atom stereocenters. The van der Waals surface area contributed by atoms with Gasteiger partial charge in [-0.3, -0.25) is 5.43 Å². The highest BCUT2D eigenvalue weighted by molar-refractivity contribution is 8.00. The van der Waals surface area contributed by atoms with Crippen LogP contribution in [0.15, 0.2) is 12.7 Å². The molecule has 1 aliphatic rings. The molecular weight excluding hydrogens is 290 g/mol. The molecule has 0 aromatic carbocycles. The van der Waals surface area contributed by atoms with Crippen molar-refractivity contribution in [2.45, 2.75) is 24.0 Å². The quantitative estimate of drug-likeness (QED) is 0.515. The number of rotatable bonds is 6. The van der Waals surface area contributed by atoms with Crippen LogP contribution in [0.25, 0.3) is 5.95 Å². The van der Waals surface area contributed by atoms with Gasteiger partial charge in [0.2, 0.25) is 11.9 Å². The lowest BCUT2D eigenvalue weighted by atomic mass is 9.84. The maximum Gasteiger partial charge on any atom is 0.258 e. The number of nitrogens with two attached hydrogens (primary N) is 1. The Morgan fingerprint density at radius 1 is 1.33 bits per heavy atom. The Hall–Kier alpha value is -1.94. The third-order valence-corrected chi connectivity index (χ3v) is 5.06. The van der Waals surface area contributed by atoms with Crippen LogP contribution in [-0.2, 0) is 0 Å². The first kappa shape index (κ1) is 14.0. The largest absolute Gasteiger partial charge is 0.353 e. The first-order valence-electron chi connectivity index (χ1n) is 6.61. The van der Waals surface area contributed by atoms with Gasteiger partial charge in [0, 0.05) is 11.3 Å². The fraction of sp³-hybridized carbons (Fsp3) is 0.545. The SMILES string of the molecule is CSC1(CNc2nc(NN)nc(-n3cncn3)n2)CCC1. The van der Waals surface area contributed by atoms with Crippen LogP contribution in [0.2, 0.25) is 0 Å². The van der Waals surface area contributed by atoms with Gasteiger partial charge in [0.25, 0.3) is 5.95 Å². The summed E-state index contributed by atoms with van der Waals surface area (Å²) in [5.74, 6) is 6.53. The molecule has 1 saturated carbocycles. The number of hydrogen-bond donors (Lipinski definition) is 3. The van der Waals surface area contributed by atoms with Gasteiger partial charge in [0.15, 0.2) is 0 Å². The molecule has 0 bridgehead atoms. The van der Waals surface area contributed by atoms with Gasteiger partial charge in [0.1, 0.15) is 12.7 Å². The summed E-state index contributed by atoms with van der Waals surface area (Å²) in [5.41, 5.74) is 2.44. The van der Waals surface area contributed by atoms with Crippen molar-refractivity contribution in [1.29, 1.82) is 0 Å². The van der Waals surface area contributed by atoms with Crippen LogP contribution in [0, 0.1) is 0 Å². The minimum absolute atomic E-state index is 0.282. The Morgan fingerprint density at radius 2 is 2.14 bits per heavy atom. The second-order valence-corrected chi connectivity index (χ2v) is 6.14.